The van der Waals surface area contributed by atoms with Gasteiger partial charge in [-0.1, -0.05) is 41.4 Å². The van der Waals surface area contributed by atoms with Crippen LogP contribution in [0.3, 0.4) is 0 Å². The van der Waals surface area contributed by atoms with E-state index in [0.717, 1.165) is 14.7 Å². The van der Waals surface area contributed by atoms with Crippen LogP contribution in [0.4, 0.5) is 0 Å². The minimum absolute atomic E-state index is 0.516. The molecule has 0 saturated heterocycles. The fraction of sp³-hybridized carbons (Fsp3) is 0.200. The van der Waals surface area contributed by atoms with Crippen LogP contribution in [0.5, 0.6) is 0 Å². The number of aliphatic hydroxyl groups excluding tert-OH is 1. The van der Waals surface area contributed by atoms with Crippen molar-refractivity contribution < 1.29 is 5.11 Å². The van der Waals surface area contributed by atoms with E-state index in [1.807, 2.05) is 30.3 Å². The summed E-state index contributed by atoms with van der Waals surface area (Å²) in [5.74, 6) is 0. The molecule has 0 radical (unpaired) electrons. The van der Waals surface area contributed by atoms with E-state index < -0.39 is 6.10 Å². The summed E-state index contributed by atoms with van der Waals surface area (Å²) in [6.07, 6.45) is 0.0929. The zero-order valence-corrected chi connectivity index (χ0v) is 12.9. The van der Waals surface area contributed by atoms with Crippen molar-refractivity contribution in [2.75, 3.05) is 0 Å². The molecule has 2 rings (SSSR count). The quantitative estimate of drug-likeness (QED) is 0.785. The van der Waals surface area contributed by atoms with Gasteiger partial charge < -0.3 is 5.11 Å². The molecule has 2 aromatic carbocycles. The summed E-state index contributed by atoms with van der Waals surface area (Å²) in [7, 11) is 0. The third-order valence-electron chi connectivity index (χ3n) is 2.83. The Morgan fingerprint density at radius 2 is 2.00 bits per heavy atom. The number of aryl methyl sites for hydroxylation is 1. The van der Waals surface area contributed by atoms with Gasteiger partial charge in [0.25, 0.3) is 0 Å². The maximum absolute atomic E-state index is 10.3. The fourth-order valence-electron chi connectivity index (χ4n) is 1.94. The van der Waals surface area contributed by atoms with Crippen LogP contribution < -0.4 is 0 Å². The van der Waals surface area contributed by atoms with E-state index in [-0.39, 0.29) is 0 Å². The Hall–Kier alpha value is -0.580. The molecule has 0 aliphatic heterocycles. The van der Waals surface area contributed by atoms with Crippen molar-refractivity contribution in [1.82, 2.24) is 0 Å². The highest BCUT2D eigenvalue weighted by Crippen LogP contribution is 2.26. The van der Waals surface area contributed by atoms with Gasteiger partial charge in [-0.25, -0.2) is 0 Å². The van der Waals surface area contributed by atoms with Gasteiger partial charge in [-0.2, -0.15) is 0 Å². The topological polar surface area (TPSA) is 20.2 Å². The van der Waals surface area contributed by atoms with E-state index in [1.54, 1.807) is 0 Å². The molecule has 1 unspecified atom stereocenters. The highest BCUT2D eigenvalue weighted by molar-refractivity contribution is 14.1. The summed E-state index contributed by atoms with van der Waals surface area (Å²) >= 11 is 8.20. The standard InChI is InChI=1S/C15H14ClIO/c1-10-3-2-4-11(7-10)8-15(18)13-9-12(16)5-6-14(13)17/h2-7,9,15,18H,8H2,1H3. The Balaban J connectivity index is 2.21. The lowest BCUT2D eigenvalue weighted by atomic mass is 10.0. The first-order chi connectivity index (χ1) is 8.56. The molecule has 0 aliphatic carbocycles. The highest BCUT2D eigenvalue weighted by Gasteiger charge is 2.12. The molecule has 3 heteroatoms. The number of aliphatic hydroxyl groups is 1. The van der Waals surface area contributed by atoms with Gasteiger partial charge in [0.15, 0.2) is 0 Å². The van der Waals surface area contributed by atoms with Gasteiger partial charge in [-0.05, 0) is 58.8 Å². The summed E-state index contributed by atoms with van der Waals surface area (Å²) < 4.78 is 1.04. The smallest absolute Gasteiger partial charge is 0.0841 e. The van der Waals surface area contributed by atoms with Crippen molar-refractivity contribution in [3.05, 3.63) is 67.7 Å². The second kappa shape index (κ2) is 6.04. The monoisotopic (exact) mass is 372 g/mol. The first-order valence-corrected chi connectivity index (χ1v) is 7.20. The third-order valence-corrected chi connectivity index (χ3v) is 4.05. The minimum atomic E-state index is -0.516. The summed E-state index contributed by atoms with van der Waals surface area (Å²) in [6, 6.07) is 13.8. The van der Waals surface area contributed by atoms with E-state index in [1.165, 1.54) is 5.56 Å². The van der Waals surface area contributed by atoms with Crippen molar-refractivity contribution in [2.24, 2.45) is 0 Å². The molecule has 18 heavy (non-hydrogen) atoms. The van der Waals surface area contributed by atoms with Crippen LogP contribution in [-0.4, -0.2) is 5.11 Å². The molecule has 0 saturated carbocycles. The molecule has 0 spiro atoms. The maximum atomic E-state index is 10.3. The Labute approximate surface area is 126 Å². The number of rotatable bonds is 3. The normalized spacial score (nSPS) is 12.4. The zero-order chi connectivity index (χ0) is 13.1. The van der Waals surface area contributed by atoms with Gasteiger partial charge >= 0.3 is 0 Å². The molecule has 1 nitrogen and oxygen atoms in total. The van der Waals surface area contributed by atoms with Gasteiger partial charge in [0.1, 0.15) is 0 Å². The second-order valence-electron chi connectivity index (χ2n) is 4.37. The molecular formula is C15H14ClIO. The zero-order valence-electron chi connectivity index (χ0n) is 10.0. The van der Waals surface area contributed by atoms with Gasteiger partial charge in [-0.3, -0.25) is 0 Å². The van der Waals surface area contributed by atoms with Crippen LogP contribution in [0, 0.1) is 10.5 Å². The summed E-state index contributed by atoms with van der Waals surface area (Å²) in [6.45, 7) is 2.05. The minimum Gasteiger partial charge on any atom is -0.388 e. The predicted molar refractivity (Wildman–Crippen MR) is 84.0 cm³/mol. The number of halogens is 2. The summed E-state index contributed by atoms with van der Waals surface area (Å²) in [5, 5.41) is 11.0. The van der Waals surface area contributed by atoms with Crippen LogP contribution in [0.1, 0.15) is 22.8 Å². The van der Waals surface area contributed by atoms with Crippen LogP contribution >= 0.6 is 34.2 Å². The van der Waals surface area contributed by atoms with Gasteiger partial charge in [0.2, 0.25) is 0 Å². The van der Waals surface area contributed by atoms with Crippen LogP contribution in [0.25, 0.3) is 0 Å². The highest BCUT2D eigenvalue weighted by atomic mass is 127. The number of benzene rings is 2. The Kier molecular flexibility index (Phi) is 4.65. The van der Waals surface area contributed by atoms with E-state index in [4.69, 9.17) is 11.6 Å². The molecule has 94 valence electrons. The number of hydrogen-bond donors (Lipinski definition) is 1. The molecule has 2 aromatic rings. The summed E-state index contributed by atoms with van der Waals surface area (Å²) in [5.41, 5.74) is 3.24. The van der Waals surface area contributed by atoms with Gasteiger partial charge in [-0.15, -0.1) is 0 Å². The predicted octanol–water partition coefficient (Wildman–Crippen LogP) is 4.53. The van der Waals surface area contributed by atoms with E-state index in [9.17, 15) is 5.11 Å². The van der Waals surface area contributed by atoms with Gasteiger partial charge in [0.05, 0.1) is 6.10 Å². The third kappa shape index (κ3) is 3.46. The maximum Gasteiger partial charge on any atom is 0.0841 e. The molecule has 0 aromatic heterocycles. The van der Waals surface area contributed by atoms with Crippen molar-refractivity contribution >= 4 is 34.2 Å². The lowest BCUT2D eigenvalue weighted by Crippen LogP contribution is -2.04. The molecule has 0 bridgehead atoms. The summed E-state index contributed by atoms with van der Waals surface area (Å²) in [4.78, 5) is 0. The largest absolute Gasteiger partial charge is 0.388 e. The number of hydrogen-bond acceptors (Lipinski definition) is 1. The van der Waals surface area contributed by atoms with Crippen molar-refractivity contribution in [2.45, 2.75) is 19.4 Å². The van der Waals surface area contributed by atoms with Crippen LogP contribution in [0.15, 0.2) is 42.5 Å². The van der Waals surface area contributed by atoms with E-state index >= 15 is 0 Å². The lowest BCUT2D eigenvalue weighted by Gasteiger charge is -2.13. The Morgan fingerprint density at radius 1 is 1.22 bits per heavy atom. The molecule has 0 fully saturated rings. The van der Waals surface area contributed by atoms with Crippen LogP contribution in [0.2, 0.25) is 5.02 Å². The molecule has 1 atom stereocenters. The first-order valence-electron chi connectivity index (χ1n) is 5.75. The average Bonchev–Trinajstić information content (AvgIpc) is 2.32. The van der Waals surface area contributed by atoms with E-state index in [2.05, 4.69) is 41.6 Å². The van der Waals surface area contributed by atoms with Crippen molar-refractivity contribution in [3.8, 4) is 0 Å². The molecule has 0 amide bonds. The molecular weight excluding hydrogens is 359 g/mol. The Morgan fingerprint density at radius 3 is 2.72 bits per heavy atom. The van der Waals surface area contributed by atoms with Crippen molar-refractivity contribution in [1.29, 1.82) is 0 Å². The lowest BCUT2D eigenvalue weighted by molar-refractivity contribution is 0.177. The van der Waals surface area contributed by atoms with Crippen LogP contribution in [-0.2, 0) is 6.42 Å². The van der Waals surface area contributed by atoms with Gasteiger partial charge in [0, 0.05) is 15.0 Å². The molecule has 0 heterocycles. The van der Waals surface area contributed by atoms with E-state index in [0.29, 0.717) is 11.4 Å². The first kappa shape index (κ1) is 13.8. The molecule has 0 aliphatic rings. The molecule has 1 N–H and O–H groups in total. The SMILES string of the molecule is Cc1cccc(CC(O)c2cc(Cl)ccc2I)c1. The second-order valence-corrected chi connectivity index (χ2v) is 5.97. The van der Waals surface area contributed by atoms with Crippen molar-refractivity contribution in [3.63, 3.8) is 0 Å². The fourth-order valence-corrected chi connectivity index (χ4v) is 2.82. The average molecular weight is 373 g/mol. The Bertz CT molecular complexity index is 554.